The van der Waals surface area contributed by atoms with Gasteiger partial charge in [-0.15, -0.1) is 0 Å². The van der Waals surface area contributed by atoms with Crippen molar-refractivity contribution in [2.45, 2.75) is 47.5 Å². The molecule has 54 valence electrons. The summed E-state index contributed by atoms with van der Waals surface area (Å²) in [7, 11) is 0. The SMILES string of the molecule is CCC.CCC.[CH2-]C.[K+]. The van der Waals surface area contributed by atoms with E-state index in [1.54, 1.807) is 6.92 Å². The van der Waals surface area contributed by atoms with Crippen LogP contribution in [0.1, 0.15) is 47.5 Å². The molecule has 0 unspecified atom stereocenters. The van der Waals surface area contributed by atoms with Gasteiger partial charge in [0, 0.05) is 0 Å². The second-order valence-electron chi connectivity index (χ2n) is 1.41. The van der Waals surface area contributed by atoms with E-state index in [4.69, 9.17) is 0 Å². The third-order valence-corrected chi connectivity index (χ3v) is 0. The molecule has 0 aliphatic rings. The zero-order valence-electron chi connectivity index (χ0n) is 8.12. The van der Waals surface area contributed by atoms with Gasteiger partial charge in [-0.3, -0.25) is 0 Å². The molecule has 0 fully saturated rings. The Morgan fingerprint density at radius 3 is 0.778 bits per heavy atom. The van der Waals surface area contributed by atoms with Crippen LogP contribution in [0.3, 0.4) is 0 Å². The van der Waals surface area contributed by atoms with Crippen LogP contribution >= 0.6 is 0 Å². The van der Waals surface area contributed by atoms with Crippen LogP contribution in [0.4, 0.5) is 0 Å². The van der Waals surface area contributed by atoms with Crippen LogP contribution in [-0.4, -0.2) is 0 Å². The molecule has 0 saturated heterocycles. The molecule has 0 heterocycles. The van der Waals surface area contributed by atoms with E-state index in [9.17, 15) is 0 Å². The summed E-state index contributed by atoms with van der Waals surface area (Å²) in [6.45, 7) is 13.5. The predicted octanol–water partition coefficient (Wildman–Crippen LogP) is 0.677. The number of hydrogen-bond acceptors (Lipinski definition) is 0. The summed E-state index contributed by atoms with van der Waals surface area (Å²) in [5.74, 6) is 0. The molecule has 0 amide bonds. The maximum atomic E-state index is 3.25. The molecule has 0 spiro atoms. The zero-order chi connectivity index (χ0) is 7.41. The maximum Gasteiger partial charge on any atom is 1.00 e. The van der Waals surface area contributed by atoms with Crippen molar-refractivity contribution in [3.63, 3.8) is 0 Å². The van der Waals surface area contributed by atoms with Gasteiger partial charge in [-0.2, -0.15) is 6.92 Å². The molecular formula is C8H21K. The molecule has 0 nitrogen and oxygen atoms in total. The van der Waals surface area contributed by atoms with Crippen LogP contribution in [0.5, 0.6) is 0 Å². The zero-order valence-corrected chi connectivity index (χ0v) is 11.2. The van der Waals surface area contributed by atoms with E-state index in [1.165, 1.54) is 12.8 Å². The molecule has 0 aromatic carbocycles. The molecule has 0 aliphatic heterocycles. The van der Waals surface area contributed by atoms with E-state index >= 15 is 0 Å². The quantitative estimate of drug-likeness (QED) is 0.357. The van der Waals surface area contributed by atoms with Crippen molar-refractivity contribution >= 4 is 0 Å². The third kappa shape index (κ3) is 210. The fraction of sp³-hybridized carbons (Fsp3) is 0.875. The summed E-state index contributed by atoms with van der Waals surface area (Å²) in [5, 5.41) is 0. The molecule has 0 aliphatic carbocycles. The van der Waals surface area contributed by atoms with Gasteiger partial charge in [0.05, 0.1) is 0 Å². The van der Waals surface area contributed by atoms with Crippen molar-refractivity contribution in [2.75, 3.05) is 0 Å². The Balaban J connectivity index is -0.0000000202. The van der Waals surface area contributed by atoms with Gasteiger partial charge in [-0.25, -0.2) is 0 Å². The summed E-state index contributed by atoms with van der Waals surface area (Å²) in [5.41, 5.74) is 0. The van der Waals surface area contributed by atoms with Crippen molar-refractivity contribution in [3.8, 4) is 0 Å². The number of hydrogen-bond donors (Lipinski definition) is 0. The number of rotatable bonds is 0. The van der Waals surface area contributed by atoms with Crippen LogP contribution < -0.4 is 51.4 Å². The second-order valence-corrected chi connectivity index (χ2v) is 1.41. The van der Waals surface area contributed by atoms with Gasteiger partial charge in [0.25, 0.3) is 0 Å². The van der Waals surface area contributed by atoms with E-state index in [0.29, 0.717) is 0 Å². The Morgan fingerprint density at radius 1 is 0.778 bits per heavy atom. The molecule has 0 aromatic heterocycles. The minimum Gasteiger partial charge on any atom is -0.346 e. The van der Waals surface area contributed by atoms with Crippen molar-refractivity contribution in [2.24, 2.45) is 0 Å². The molecule has 0 rings (SSSR count). The topological polar surface area (TPSA) is 0 Å². The molecule has 0 atom stereocenters. The van der Waals surface area contributed by atoms with Crippen molar-refractivity contribution in [3.05, 3.63) is 6.92 Å². The van der Waals surface area contributed by atoms with Gasteiger partial charge in [-0.05, 0) is 0 Å². The third-order valence-electron chi connectivity index (χ3n) is 0. The van der Waals surface area contributed by atoms with E-state index in [-0.39, 0.29) is 51.4 Å². The van der Waals surface area contributed by atoms with Gasteiger partial charge in [-0.1, -0.05) is 40.5 Å². The Bertz CT molecular complexity index is 6.53. The average Bonchev–Trinajstić information content (AvgIpc) is 1.75. The average molecular weight is 156 g/mol. The van der Waals surface area contributed by atoms with Crippen molar-refractivity contribution < 1.29 is 51.4 Å². The smallest absolute Gasteiger partial charge is 0.346 e. The first kappa shape index (κ1) is 22.4. The summed E-state index contributed by atoms with van der Waals surface area (Å²) < 4.78 is 0. The predicted molar refractivity (Wildman–Crippen MR) is 43.0 cm³/mol. The van der Waals surface area contributed by atoms with Gasteiger partial charge >= 0.3 is 51.4 Å². The minimum absolute atomic E-state index is 0. The molecule has 0 saturated carbocycles. The molecule has 0 N–H and O–H groups in total. The fourth-order valence-corrected chi connectivity index (χ4v) is 0. The van der Waals surface area contributed by atoms with Crippen molar-refractivity contribution in [1.29, 1.82) is 0 Å². The molecular weight excluding hydrogens is 135 g/mol. The van der Waals surface area contributed by atoms with Crippen LogP contribution in [0.25, 0.3) is 0 Å². The molecule has 1 heteroatoms. The van der Waals surface area contributed by atoms with E-state index in [1.807, 2.05) is 0 Å². The Kier molecular flexibility index (Phi) is 135. The van der Waals surface area contributed by atoms with Crippen LogP contribution in [-0.2, 0) is 0 Å². The van der Waals surface area contributed by atoms with Gasteiger partial charge in [0.1, 0.15) is 0 Å². The van der Waals surface area contributed by atoms with E-state index in [0.717, 1.165) is 0 Å². The van der Waals surface area contributed by atoms with Gasteiger partial charge in [0.2, 0.25) is 0 Å². The maximum absolute atomic E-state index is 3.25. The summed E-state index contributed by atoms with van der Waals surface area (Å²) in [4.78, 5) is 0. The molecule has 0 aromatic rings. The molecule has 0 radical (unpaired) electrons. The van der Waals surface area contributed by atoms with Gasteiger partial charge in [0.15, 0.2) is 0 Å². The van der Waals surface area contributed by atoms with Crippen LogP contribution in [0, 0.1) is 6.92 Å². The summed E-state index contributed by atoms with van der Waals surface area (Å²) in [6, 6.07) is 0. The van der Waals surface area contributed by atoms with Crippen LogP contribution in [0.15, 0.2) is 0 Å². The largest absolute Gasteiger partial charge is 1.00 e. The Morgan fingerprint density at radius 2 is 0.778 bits per heavy atom. The Labute approximate surface area is 104 Å². The molecule has 0 bridgehead atoms. The Hall–Kier alpha value is 1.64. The first-order chi connectivity index (χ1) is 3.83. The minimum atomic E-state index is 0. The van der Waals surface area contributed by atoms with E-state index < -0.39 is 0 Å². The monoisotopic (exact) mass is 156 g/mol. The fourth-order valence-electron chi connectivity index (χ4n) is 0. The first-order valence-corrected chi connectivity index (χ1v) is 3.54. The normalized spacial score (nSPS) is 4.67. The van der Waals surface area contributed by atoms with Crippen LogP contribution in [0.2, 0.25) is 0 Å². The van der Waals surface area contributed by atoms with Gasteiger partial charge < -0.3 is 6.92 Å². The summed E-state index contributed by atoms with van der Waals surface area (Å²) >= 11 is 0. The second kappa shape index (κ2) is 54.4. The van der Waals surface area contributed by atoms with E-state index in [2.05, 4.69) is 34.6 Å². The van der Waals surface area contributed by atoms with Crippen molar-refractivity contribution in [1.82, 2.24) is 0 Å². The summed E-state index contributed by atoms with van der Waals surface area (Å²) in [6.07, 6.45) is 2.50. The first-order valence-electron chi connectivity index (χ1n) is 3.54. The molecule has 9 heavy (non-hydrogen) atoms. The standard InChI is InChI=1S/2C3H8.C2H5.K/c2*1-3-2;1-2;/h2*3H2,1-2H3;1H2,2H3;/q;;-1;+1.